The Kier molecular flexibility index (Phi) is 6.93. The second-order valence-corrected chi connectivity index (χ2v) is 12.0. The Morgan fingerprint density at radius 3 is 1.85 bits per heavy atom. The Bertz CT molecular complexity index is 1980. The highest BCUT2D eigenvalue weighted by atomic mass is 79.9. The van der Waals surface area contributed by atoms with Gasteiger partial charge in [0.15, 0.2) is 0 Å². The first kappa shape index (κ1) is 25.8. The molecule has 0 amide bonds. The third-order valence-corrected chi connectivity index (χ3v) is 8.73. The molecule has 41 heavy (non-hydrogen) atoms. The molecule has 0 saturated carbocycles. The lowest BCUT2D eigenvalue weighted by Gasteiger charge is -2.21. The molecule has 194 valence electrons. The molecule has 0 heterocycles. The molecule has 0 radical (unpaired) electrons. The molecule has 0 N–H and O–H groups in total. The van der Waals surface area contributed by atoms with Crippen molar-refractivity contribution in [1.82, 2.24) is 0 Å². The van der Waals surface area contributed by atoms with E-state index in [9.17, 15) is 0 Å². The van der Waals surface area contributed by atoms with E-state index in [1.807, 2.05) is 18.2 Å². The van der Waals surface area contributed by atoms with Gasteiger partial charge in [0.25, 0.3) is 0 Å². The van der Waals surface area contributed by atoms with Crippen molar-refractivity contribution in [2.24, 2.45) is 0 Å². The largest absolute Gasteiger partial charge is 0.0641 e. The third-order valence-electron chi connectivity index (χ3n) is 7.70. The Hall–Kier alpha value is -4.16. The van der Waals surface area contributed by atoms with Gasteiger partial charge < -0.3 is 0 Å². The number of halogens is 2. The van der Waals surface area contributed by atoms with E-state index in [0.29, 0.717) is 0 Å². The highest BCUT2D eigenvalue weighted by Crippen LogP contribution is 2.52. The average Bonchev–Trinajstić information content (AvgIpc) is 3.41. The number of benzene rings is 6. The molecule has 2 heteroatoms. The van der Waals surface area contributed by atoms with E-state index in [-0.39, 0.29) is 5.92 Å². The number of hydrogen-bond donors (Lipinski definition) is 0. The van der Waals surface area contributed by atoms with Crippen LogP contribution in [0.5, 0.6) is 0 Å². The second-order valence-electron chi connectivity index (χ2n) is 10.2. The van der Waals surface area contributed by atoms with Crippen LogP contribution in [-0.2, 0) is 0 Å². The van der Waals surface area contributed by atoms with Crippen LogP contribution in [0, 0.1) is 11.8 Å². The highest BCUT2D eigenvalue weighted by Gasteiger charge is 2.33. The molecule has 0 fully saturated rings. The van der Waals surface area contributed by atoms with E-state index < -0.39 is 0 Å². The van der Waals surface area contributed by atoms with E-state index in [4.69, 9.17) is 0 Å². The van der Waals surface area contributed by atoms with Crippen molar-refractivity contribution in [1.29, 1.82) is 0 Å². The number of fused-ring (bicyclic) bond motifs is 2. The molecule has 1 unspecified atom stereocenters. The minimum absolute atomic E-state index is 0.0698. The summed E-state index contributed by atoms with van der Waals surface area (Å²) in [5.74, 6) is 7.25. The smallest absolute Gasteiger partial charge is 0.0375 e. The Morgan fingerprint density at radius 1 is 0.512 bits per heavy atom. The first-order valence-electron chi connectivity index (χ1n) is 13.6. The highest BCUT2D eigenvalue weighted by molar-refractivity contribution is 9.10. The van der Waals surface area contributed by atoms with Gasteiger partial charge in [-0.15, -0.1) is 0 Å². The zero-order valence-electron chi connectivity index (χ0n) is 22.1. The summed E-state index contributed by atoms with van der Waals surface area (Å²) in [5.41, 5.74) is 10.8. The zero-order chi connectivity index (χ0) is 27.8. The molecule has 0 spiro atoms. The van der Waals surface area contributed by atoms with Gasteiger partial charge in [-0.3, -0.25) is 0 Å². The molecular weight excluding hydrogens is 628 g/mol. The van der Waals surface area contributed by atoms with Crippen LogP contribution in [0.3, 0.4) is 0 Å². The molecule has 0 saturated heterocycles. The Labute approximate surface area is 257 Å². The predicted molar refractivity (Wildman–Crippen MR) is 179 cm³/mol. The van der Waals surface area contributed by atoms with Crippen molar-refractivity contribution in [2.45, 2.75) is 5.92 Å². The second kappa shape index (κ2) is 11.0. The maximum atomic E-state index is 3.78. The van der Waals surface area contributed by atoms with Crippen LogP contribution in [-0.4, -0.2) is 0 Å². The summed E-state index contributed by atoms with van der Waals surface area (Å²) in [6.45, 7) is 0. The number of rotatable bonds is 3. The van der Waals surface area contributed by atoms with Crippen LogP contribution in [0.4, 0.5) is 0 Å². The summed E-state index contributed by atoms with van der Waals surface area (Å²) in [5, 5.41) is 2.36. The van der Waals surface area contributed by atoms with Crippen molar-refractivity contribution in [3.05, 3.63) is 182 Å². The summed E-state index contributed by atoms with van der Waals surface area (Å²) in [4.78, 5) is 0. The van der Waals surface area contributed by atoms with Crippen molar-refractivity contribution >= 4 is 48.2 Å². The van der Waals surface area contributed by atoms with Gasteiger partial charge in [-0.25, -0.2) is 0 Å². The standard InChI is InChI=1S/C39H24Br2/c40-30-19-17-28(18-20-30)35-25-34(27-12-6-2-7-13-27)38-33(22-16-26-10-4-1-5-11-26)32-23-21-31(41)24-36(32)37(39(35)38)29-14-8-3-9-15-29/h1-15,17-21,23-25,34H. The van der Waals surface area contributed by atoms with Gasteiger partial charge in [-0.05, 0) is 86.1 Å². The van der Waals surface area contributed by atoms with Crippen molar-refractivity contribution in [3.8, 4) is 23.0 Å². The maximum absolute atomic E-state index is 3.78. The summed E-state index contributed by atoms with van der Waals surface area (Å²) in [6, 6.07) is 47.1. The fourth-order valence-electron chi connectivity index (χ4n) is 5.89. The molecule has 1 atom stereocenters. The molecule has 0 bridgehead atoms. The lowest BCUT2D eigenvalue weighted by atomic mass is 9.81. The van der Waals surface area contributed by atoms with E-state index in [0.717, 1.165) is 20.1 Å². The normalized spacial score (nSPS) is 13.8. The molecule has 1 aliphatic carbocycles. The molecule has 0 nitrogen and oxygen atoms in total. The lowest BCUT2D eigenvalue weighted by Crippen LogP contribution is -2.03. The molecule has 0 aliphatic heterocycles. The van der Waals surface area contributed by atoms with Crippen molar-refractivity contribution in [3.63, 3.8) is 0 Å². The zero-order valence-corrected chi connectivity index (χ0v) is 25.3. The molecule has 1 aliphatic rings. The van der Waals surface area contributed by atoms with Crippen LogP contribution >= 0.6 is 31.9 Å². The van der Waals surface area contributed by atoms with Crippen LogP contribution in [0.2, 0.25) is 0 Å². The number of hydrogen-bond acceptors (Lipinski definition) is 0. The fourth-order valence-corrected chi connectivity index (χ4v) is 6.52. The minimum atomic E-state index is 0.0698. The van der Waals surface area contributed by atoms with Gasteiger partial charge in [0.1, 0.15) is 0 Å². The summed E-state index contributed by atoms with van der Waals surface area (Å²) < 4.78 is 2.12. The van der Waals surface area contributed by atoms with Crippen LogP contribution < -0.4 is 0 Å². The van der Waals surface area contributed by atoms with E-state index in [2.05, 4.69) is 165 Å². The molecular formula is C39H24Br2. The minimum Gasteiger partial charge on any atom is -0.0641 e. The monoisotopic (exact) mass is 650 g/mol. The first-order valence-corrected chi connectivity index (χ1v) is 15.2. The van der Waals surface area contributed by atoms with Crippen LogP contribution in [0.1, 0.15) is 39.3 Å². The SMILES string of the molecule is Brc1ccc(C2=CC(c3ccccc3)c3c2c(-c2ccccc2)c2cc(Br)ccc2c3C#Cc2ccccc2)cc1. The summed E-state index contributed by atoms with van der Waals surface area (Å²) in [7, 11) is 0. The fraction of sp³-hybridized carbons (Fsp3) is 0.0256. The van der Waals surface area contributed by atoms with Crippen LogP contribution in [0.15, 0.2) is 148 Å². The van der Waals surface area contributed by atoms with Gasteiger partial charge in [0, 0.05) is 26.0 Å². The van der Waals surface area contributed by atoms with Gasteiger partial charge in [0.2, 0.25) is 0 Å². The third kappa shape index (κ3) is 4.87. The lowest BCUT2D eigenvalue weighted by molar-refractivity contribution is 1.05. The molecule has 0 aromatic heterocycles. The van der Waals surface area contributed by atoms with E-state index >= 15 is 0 Å². The Balaban J connectivity index is 1.64. The topological polar surface area (TPSA) is 0 Å². The van der Waals surface area contributed by atoms with Crippen LogP contribution in [0.25, 0.3) is 27.5 Å². The number of allylic oxidation sites excluding steroid dienone is 1. The summed E-state index contributed by atoms with van der Waals surface area (Å²) in [6.07, 6.45) is 2.44. The summed E-state index contributed by atoms with van der Waals surface area (Å²) >= 11 is 7.42. The van der Waals surface area contributed by atoms with Crippen molar-refractivity contribution in [2.75, 3.05) is 0 Å². The Morgan fingerprint density at radius 2 is 1.15 bits per heavy atom. The first-order chi connectivity index (χ1) is 20.2. The van der Waals surface area contributed by atoms with Crippen molar-refractivity contribution < 1.29 is 0 Å². The quantitative estimate of drug-likeness (QED) is 0.167. The van der Waals surface area contributed by atoms with E-state index in [1.165, 1.54) is 49.7 Å². The molecule has 7 rings (SSSR count). The van der Waals surface area contributed by atoms with Gasteiger partial charge >= 0.3 is 0 Å². The van der Waals surface area contributed by atoms with Gasteiger partial charge in [0.05, 0.1) is 0 Å². The average molecular weight is 652 g/mol. The van der Waals surface area contributed by atoms with Gasteiger partial charge in [-0.2, -0.15) is 0 Å². The molecule has 6 aromatic rings. The maximum Gasteiger partial charge on any atom is 0.0375 e. The predicted octanol–water partition coefficient (Wildman–Crippen LogP) is 11.0. The molecule has 6 aromatic carbocycles. The van der Waals surface area contributed by atoms with E-state index in [1.54, 1.807) is 0 Å². The van der Waals surface area contributed by atoms with Gasteiger partial charge in [-0.1, -0.05) is 147 Å².